The van der Waals surface area contributed by atoms with Crippen molar-refractivity contribution in [2.24, 2.45) is 4.99 Å². The summed E-state index contributed by atoms with van der Waals surface area (Å²) in [5.41, 5.74) is -0.667. The highest BCUT2D eigenvalue weighted by Gasteiger charge is 2.30. The maximum Gasteiger partial charge on any atom is 0.191 e. The molecular formula is C19H30FN5O. The molecule has 1 unspecified atom stereocenters. The van der Waals surface area contributed by atoms with E-state index in [-0.39, 0.29) is 11.9 Å². The van der Waals surface area contributed by atoms with E-state index in [2.05, 4.69) is 20.6 Å². The zero-order valence-electron chi connectivity index (χ0n) is 15.5. The van der Waals surface area contributed by atoms with Crippen molar-refractivity contribution in [1.29, 1.82) is 0 Å². The average Bonchev–Trinajstić information content (AvgIpc) is 3.09. The Morgan fingerprint density at radius 1 is 1.42 bits per heavy atom. The van der Waals surface area contributed by atoms with E-state index in [9.17, 15) is 9.50 Å². The molecule has 2 heterocycles. The summed E-state index contributed by atoms with van der Waals surface area (Å²) < 4.78 is 13.9. The number of rotatable bonds is 5. The molecule has 0 spiro atoms. The summed E-state index contributed by atoms with van der Waals surface area (Å²) >= 11 is 0. The number of guanidine groups is 1. The van der Waals surface area contributed by atoms with Crippen molar-refractivity contribution < 1.29 is 9.50 Å². The van der Waals surface area contributed by atoms with E-state index in [1.807, 2.05) is 11.8 Å². The lowest BCUT2D eigenvalue weighted by atomic mass is 9.85. The second-order valence-electron chi connectivity index (χ2n) is 7.36. The van der Waals surface area contributed by atoms with Crippen molar-refractivity contribution in [1.82, 2.24) is 15.6 Å². The fourth-order valence-electron chi connectivity index (χ4n) is 3.79. The normalized spacial score (nSPS) is 23.1. The second-order valence-corrected chi connectivity index (χ2v) is 7.36. The predicted molar refractivity (Wildman–Crippen MR) is 102 cm³/mol. The minimum Gasteiger partial charge on any atom is -0.388 e. The largest absolute Gasteiger partial charge is 0.388 e. The van der Waals surface area contributed by atoms with Crippen LogP contribution in [-0.2, 0) is 0 Å². The lowest BCUT2D eigenvalue weighted by molar-refractivity contribution is 0.0131. The van der Waals surface area contributed by atoms with E-state index in [0.29, 0.717) is 18.9 Å². The zero-order valence-corrected chi connectivity index (χ0v) is 15.5. The molecule has 144 valence electrons. The highest BCUT2D eigenvalue weighted by molar-refractivity contribution is 5.80. The molecule has 3 rings (SSSR count). The molecule has 6 nitrogen and oxygen atoms in total. The van der Waals surface area contributed by atoms with E-state index in [1.165, 1.54) is 12.5 Å². The Morgan fingerprint density at radius 2 is 2.23 bits per heavy atom. The minimum absolute atomic E-state index is 0.176. The van der Waals surface area contributed by atoms with Crippen molar-refractivity contribution in [3.05, 3.63) is 24.1 Å². The van der Waals surface area contributed by atoms with Gasteiger partial charge in [-0.05, 0) is 38.3 Å². The molecular weight excluding hydrogens is 333 g/mol. The van der Waals surface area contributed by atoms with Crippen LogP contribution in [0.15, 0.2) is 23.3 Å². The van der Waals surface area contributed by atoms with E-state index in [0.717, 1.165) is 51.2 Å². The summed E-state index contributed by atoms with van der Waals surface area (Å²) in [7, 11) is 0. The van der Waals surface area contributed by atoms with Gasteiger partial charge in [-0.25, -0.2) is 9.37 Å². The van der Waals surface area contributed by atoms with Gasteiger partial charge in [-0.3, -0.25) is 4.99 Å². The smallest absolute Gasteiger partial charge is 0.191 e. The van der Waals surface area contributed by atoms with Crippen molar-refractivity contribution in [3.8, 4) is 0 Å². The molecule has 7 heteroatoms. The quantitative estimate of drug-likeness (QED) is 0.552. The molecule has 1 aromatic heterocycles. The number of anilines is 1. The first kappa shape index (κ1) is 18.9. The standard InChI is InChI=1S/C19H30FN5O/c1-2-21-18(23-14-19(26)9-4-3-5-10-19)24-15-8-12-25(13-15)17-16(20)7-6-11-22-17/h6-7,11,15,26H,2-5,8-10,12-14H2,1H3,(H2,21,23,24). The monoisotopic (exact) mass is 363 g/mol. The lowest BCUT2D eigenvalue weighted by Gasteiger charge is -2.30. The molecule has 2 fully saturated rings. The fraction of sp³-hybridized carbons (Fsp3) is 0.684. The number of aliphatic hydroxyl groups is 1. The van der Waals surface area contributed by atoms with Gasteiger partial charge < -0.3 is 20.6 Å². The van der Waals surface area contributed by atoms with Crippen molar-refractivity contribution in [2.75, 3.05) is 31.1 Å². The summed E-state index contributed by atoms with van der Waals surface area (Å²) in [6.07, 6.45) is 7.51. The van der Waals surface area contributed by atoms with Crippen molar-refractivity contribution >= 4 is 11.8 Å². The molecule has 1 aliphatic heterocycles. The lowest BCUT2D eigenvalue weighted by Crippen LogP contribution is -2.46. The van der Waals surface area contributed by atoms with Gasteiger partial charge in [0.25, 0.3) is 0 Å². The summed E-state index contributed by atoms with van der Waals surface area (Å²) in [5.74, 6) is 0.850. The Kier molecular flexibility index (Phi) is 6.29. The Hall–Kier alpha value is -1.89. The highest BCUT2D eigenvalue weighted by atomic mass is 19.1. The van der Waals surface area contributed by atoms with Crippen LogP contribution >= 0.6 is 0 Å². The molecule has 1 aromatic rings. The number of pyridine rings is 1. The number of hydrogen-bond acceptors (Lipinski definition) is 4. The van der Waals surface area contributed by atoms with Gasteiger partial charge in [-0.2, -0.15) is 0 Å². The fourth-order valence-corrected chi connectivity index (χ4v) is 3.79. The Labute approximate surface area is 154 Å². The average molecular weight is 363 g/mol. The number of nitrogens with one attached hydrogen (secondary N) is 2. The van der Waals surface area contributed by atoms with Gasteiger partial charge >= 0.3 is 0 Å². The molecule has 0 amide bonds. The molecule has 3 N–H and O–H groups in total. The topological polar surface area (TPSA) is 72.8 Å². The highest BCUT2D eigenvalue weighted by Crippen LogP contribution is 2.28. The van der Waals surface area contributed by atoms with Crippen LogP contribution in [0.1, 0.15) is 45.4 Å². The van der Waals surface area contributed by atoms with Crippen LogP contribution in [0.2, 0.25) is 0 Å². The number of nitrogens with zero attached hydrogens (tertiary/aromatic N) is 3. The summed E-state index contributed by atoms with van der Waals surface area (Å²) in [6, 6.07) is 3.23. The Balaban J connectivity index is 1.58. The number of aromatic nitrogens is 1. The second kappa shape index (κ2) is 8.66. The van der Waals surface area contributed by atoms with Crippen LogP contribution in [0.5, 0.6) is 0 Å². The molecule has 26 heavy (non-hydrogen) atoms. The number of hydrogen-bond donors (Lipinski definition) is 3. The van der Waals surface area contributed by atoms with Crippen LogP contribution in [0.25, 0.3) is 0 Å². The molecule has 0 radical (unpaired) electrons. The molecule has 1 atom stereocenters. The third-order valence-corrected chi connectivity index (χ3v) is 5.23. The Bertz CT molecular complexity index is 618. The first-order valence-electron chi connectivity index (χ1n) is 9.72. The van der Waals surface area contributed by atoms with E-state index in [4.69, 9.17) is 0 Å². The van der Waals surface area contributed by atoms with Gasteiger partial charge in [0.05, 0.1) is 12.1 Å². The first-order chi connectivity index (χ1) is 12.6. The SMILES string of the molecule is CCNC(=NCC1(O)CCCCC1)NC1CCN(c2ncccc2F)C1. The maximum absolute atomic E-state index is 13.9. The molecule has 1 aliphatic carbocycles. The zero-order chi connectivity index (χ0) is 18.4. The van der Waals surface area contributed by atoms with E-state index in [1.54, 1.807) is 12.3 Å². The van der Waals surface area contributed by atoms with Crippen LogP contribution in [0.4, 0.5) is 10.2 Å². The van der Waals surface area contributed by atoms with Crippen molar-refractivity contribution in [3.63, 3.8) is 0 Å². The van der Waals surface area contributed by atoms with Gasteiger partial charge in [0.1, 0.15) is 0 Å². The minimum atomic E-state index is -0.667. The summed E-state index contributed by atoms with van der Waals surface area (Å²) in [4.78, 5) is 10.7. The van der Waals surface area contributed by atoms with E-state index >= 15 is 0 Å². The van der Waals surface area contributed by atoms with Crippen LogP contribution in [0, 0.1) is 5.82 Å². The molecule has 1 saturated heterocycles. The van der Waals surface area contributed by atoms with Crippen LogP contribution < -0.4 is 15.5 Å². The number of halogens is 1. The van der Waals surface area contributed by atoms with Gasteiger partial charge in [0.2, 0.25) is 0 Å². The van der Waals surface area contributed by atoms with Gasteiger partial charge in [0.15, 0.2) is 17.6 Å². The van der Waals surface area contributed by atoms with Crippen LogP contribution in [0.3, 0.4) is 0 Å². The van der Waals surface area contributed by atoms with E-state index < -0.39 is 5.60 Å². The first-order valence-corrected chi connectivity index (χ1v) is 9.72. The van der Waals surface area contributed by atoms with Gasteiger partial charge in [0, 0.05) is 31.9 Å². The molecule has 2 aliphatic rings. The summed E-state index contributed by atoms with van der Waals surface area (Å²) in [5, 5.41) is 17.3. The van der Waals surface area contributed by atoms with Crippen LogP contribution in [-0.4, -0.2) is 53.9 Å². The molecule has 0 aromatic carbocycles. The maximum atomic E-state index is 13.9. The number of aliphatic imine (C=N–C) groups is 1. The van der Waals surface area contributed by atoms with Crippen molar-refractivity contribution in [2.45, 2.75) is 57.1 Å². The summed E-state index contributed by atoms with van der Waals surface area (Å²) in [6.45, 7) is 4.65. The van der Waals surface area contributed by atoms with Gasteiger partial charge in [-0.1, -0.05) is 19.3 Å². The third kappa shape index (κ3) is 4.84. The molecule has 1 saturated carbocycles. The predicted octanol–water partition coefficient (Wildman–Crippen LogP) is 2.05. The molecule has 0 bridgehead atoms. The third-order valence-electron chi connectivity index (χ3n) is 5.23. The Morgan fingerprint density at radius 3 is 2.96 bits per heavy atom. The van der Waals surface area contributed by atoms with Gasteiger partial charge in [-0.15, -0.1) is 0 Å².